The van der Waals surface area contributed by atoms with Crippen LogP contribution in [0.1, 0.15) is 40.5 Å². The number of aromatic carboxylic acids is 1. The minimum Gasteiger partial charge on any atom is -0.490 e. The number of benzene rings is 2. The molecular weight excluding hydrogens is 637 g/mol. The van der Waals surface area contributed by atoms with Crippen molar-refractivity contribution in [3.05, 3.63) is 94.3 Å². The molecule has 2 aromatic heterocycles. The highest BCUT2D eigenvalue weighted by Crippen LogP contribution is 2.38. The molecule has 1 saturated carbocycles. The van der Waals surface area contributed by atoms with Gasteiger partial charge in [0.2, 0.25) is 11.3 Å². The number of halogens is 1. The number of aromatic nitrogens is 4. The quantitative estimate of drug-likeness (QED) is 0.168. The van der Waals surface area contributed by atoms with Gasteiger partial charge in [0, 0.05) is 56.8 Å². The zero-order valence-electron chi connectivity index (χ0n) is 26.6. The van der Waals surface area contributed by atoms with Crippen molar-refractivity contribution in [3.8, 4) is 5.75 Å². The summed E-state index contributed by atoms with van der Waals surface area (Å²) in [6, 6.07) is 8.69. The average molecular weight is 674 g/mol. The maximum Gasteiger partial charge on any atom is 0.341 e. The largest absolute Gasteiger partial charge is 0.490 e. The molecule has 14 nitrogen and oxygen atoms in total. The van der Waals surface area contributed by atoms with Gasteiger partial charge in [0.05, 0.1) is 23.1 Å². The molecule has 1 amide bonds. The number of carbonyl (C=O) groups is 3. The molecule has 1 atom stereocenters. The molecule has 49 heavy (non-hydrogen) atoms. The van der Waals surface area contributed by atoms with Gasteiger partial charge in [0.25, 0.3) is 0 Å². The highest BCUT2D eigenvalue weighted by molar-refractivity contribution is 5.93. The number of nitrogens with one attached hydrogen (secondary N) is 1. The van der Waals surface area contributed by atoms with Crippen LogP contribution in [0.3, 0.4) is 0 Å². The van der Waals surface area contributed by atoms with E-state index in [-0.39, 0.29) is 30.0 Å². The van der Waals surface area contributed by atoms with E-state index in [9.17, 15) is 29.4 Å². The van der Waals surface area contributed by atoms with Crippen molar-refractivity contribution in [1.29, 1.82) is 0 Å². The lowest BCUT2D eigenvalue weighted by Crippen LogP contribution is -2.46. The van der Waals surface area contributed by atoms with Gasteiger partial charge < -0.3 is 29.7 Å². The van der Waals surface area contributed by atoms with E-state index in [1.54, 1.807) is 47.2 Å². The molecule has 1 aliphatic carbocycles. The van der Waals surface area contributed by atoms with E-state index < -0.39 is 35.1 Å². The van der Waals surface area contributed by atoms with Gasteiger partial charge in [-0.15, -0.1) is 5.10 Å². The smallest absolute Gasteiger partial charge is 0.341 e. The van der Waals surface area contributed by atoms with Crippen LogP contribution in [0.5, 0.6) is 5.75 Å². The van der Waals surface area contributed by atoms with Crippen LogP contribution < -0.4 is 20.4 Å². The van der Waals surface area contributed by atoms with Crippen molar-refractivity contribution in [2.45, 2.75) is 44.4 Å². The van der Waals surface area contributed by atoms with Crippen molar-refractivity contribution in [3.63, 3.8) is 0 Å². The molecule has 0 radical (unpaired) electrons. The van der Waals surface area contributed by atoms with Gasteiger partial charge in [-0.3, -0.25) is 14.5 Å². The third kappa shape index (κ3) is 7.78. The monoisotopic (exact) mass is 673 g/mol. The lowest BCUT2D eigenvalue weighted by atomic mass is 10.1. The average Bonchev–Trinajstić information content (AvgIpc) is 3.83. The zero-order chi connectivity index (χ0) is 34.7. The second-order valence-electron chi connectivity index (χ2n) is 12.2. The molecular formula is C34H36FN7O7. The van der Waals surface area contributed by atoms with Gasteiger partial charge in [0.15, 0.2) is 0 Å². The highest BCUT2D eigenvalue weighted by atomic mass is 19.1. The first-order valence-electron chi connectivity index (χ1n) is 15.9. The molecule has 0 unspecified atom stereocenters. The fourth-order valence-corrected chi connectivity index (χ4v) is 5.97. The number of pyridine rings is 1. The summed E-state index contributed by atoms with van der Waals surface area (Å²) in [5, 5.41) is 30.0. The van der Waals surface area contributed by atoms with E-state index in [0.717, 1.165) is 24.5 Å². The number of fused-ring (bicyclic) bond motifs is 1. The second kappa shape index (κ2) is 14.3. The summed E-state index contributed by atoms with van der Waals surface area (Å²) in [5.41, 5.74) is 1.16. The van der Waals surface area contributed by atoms with Crippen LogP contribution in [0.15, 0.2) is 66.2 Å². The number of hydrogen-bond donors (Lipinski definition) is 3. The van der Waals surface area contributed by atoms with E-state index in [1.165, 1.54) is 10.9 Å². The van der Waals surface area contributed by atoms with Gasteiger partial charge in [-0.05, 0) is 42.7 Å². The van der Waals surface area contributed by atoms with Crippen LogP contribution in [0.2, 0.25) is 0 Å². The number of piperazine rings is 1. The number of anilines is 1. The maximum atomic E-state index is 15.4. The number of ether oxygens (including phenoxy) is 1. The zero-order valence-corrected chi connectivity index (χ0v) is 26.6. The van der Waals surface area contributed by atoms with Gasteiger partial charge in [-0.2, -0.15) is 0 Å². The summed E-state index contributed by atoms with van der Waals surface area (Å²) in [4.78, 5) is 53.1. The molecule has 4 aromatic rings. The highest BCUT2D eigenvalue weighted by Gasteiger charge is 2.29. The molecule has 15 heteroatoms. The first kappa shape index (κ1) is 33.3. The number of nitrogens with zero attached hydrogens (tertiary/aromatic N) is 6. The Morgan fingerprint density at radius 3 is 2.47 bits per heavy atom. The predicted molar refractivity (Wildman–Crippen MR) is 176 cm³/mol. The topological polar surface area (TPSA) is 172 Å². The molecule has 1 saturated heterocycles. The maximum absolute atomic E-state index is 15.4. The van der Waals surface area contributed by atoms with Gasteiger partial charge in [0.1, 0.15) is 36.3 Å². The summed E-state index contributed by atoms with van der Waals surface area (Å²) in [7, 11) is 0. The molecule has 3 N–H and O–H groups in total. The van der Waals surface area contributed by atoms with Crippen LogP contribution >= 0.6 is 0 Å². The predicted octanol–water partition coefficient (Wildman–Crippen LogP) is 2.46. The fourth-order valence-electron chi connectivity index (χ4n) is 5.97. The van der Waals surface area contributed by atoms with E-state index >= 15 is 4.39 Å². The van der Waals surface area contributed by atoms with E-state index in [1.807, 2.05) is 4.90 Å². The SMILES string of the molecule is C=CCOc1ccc(C[C@H](NC(=O)Cn2cc(CN3CCN(c4cc5c(cc4F)c(=O)c(C(=O)O)cn5C4CC4)CC3)nn2)C(=O)O)cc1. The Morgan fingerprint density at radius 1 is 1.08 bits per heavy atom. The number of carboxylic acids is 2. The van der Waals surface area contributed by atoms with Gasteiger partial charge in [-0.25, -0.2) is 18.7 Å². The summed E-state index contributed by atoms with van der Waals surface area (Å²) >= 11 is 0. The molecule has 2 fully saturated rings. The molecule has 1 aliphatic heterocycles. The summed E-state index contributed by atoms with van der Waals surface area (Å²) in [5.74, 6) is -2.97. The van der Waals surface area contributed by atoms with Crippen LogP contribution in [0.25, 0.3) is 10.9 Å². The van der Waals surface area contributed by atoms with Crippen molar-refractivity contribution in [1.82, 2.24) is 29.8 Å². The van der Waals surface area contributed by atoms with E-state index in [2.05, 4.69) is 27.1 Å². The minimum atomic E-state index is -1.33. The van der Waals surface area contributed by atoms with Crippen LogP contribution in [-0.4, -0.2) is 91.3 Å². The second-order valence-corrected chi connectivity index (χ2v) is 12.2. The Balaban J connectivity index is 1.03. The molecule has 3 heterocycles. The third-order valence-electron chi connectivity index (χ3n) is 8.63. The first-order chi connectivity index (χ1) is 23.6. The van der Waals surface area contributed by atoms with Crippen molar-refractivity contribution in [2.75, 3.05) is 37.7 Å². The van der Waals surface area contributed by atoms with Crippen LogP contribution in [-0.2, 0) is 29.1 Å². The number of carboxylic acid groups (broad SMARTS) is 2. The number of amides is 1. The summed E-state index contributed by atoms with van der Waals surface area (Å²) < 4.78 is 23.9. The Bertz CT molecular complexity index is 1950. The molecule has 0 spiro atoms. The molecule has 256 valence electrons. The molecule has 6 rings (SSSR count). The van der Waals surface area contributed by atoms with E-state index in [0.29, 0.717) is 62.0 Å². The summed E-state index contributed by atoms with van der Waals surface area (Å²) in [6.07, 6.45) is 6.44. The Hall–Kier alpha value is -5.57. The standard InChI is InChI=1S/C34H36FN7O7/c1-2-13-49-24-7-3-21(4-8-24)14-28(34(47)48)36-31(43)20-41-18-22(37-38-41)17-39-9-11-40(12-10-39)30-16-29-25(15-27(30)35)32(44)26(33(45)46)19-42(29)23-5-6-23/h2-4,7-8,15-16,18-19,23,28H,1,5-6,9-14,17,20H2,(H,36,43)(H,45,46)(H,47,48)/t28-/m0/s1. The molecule has 2 aromatic carbocycles. The van der Waals surface area contributed by atoms with Crippen LogP contribution in [0, 0.1) is 5.82 Å². The summed E-state index contributed by atoms with van der Waals surface area (Å²) in [6.45, 7) is 6.36. The number of carbonyl (C=O) groups excluding carboxylic acids is 1. The Kier molecular flexibility index (Phi) is 9.71. The normalized spacial score (nSPS) is 15.6. The lowest BCUT2D eigenvalue weighted by molar-refractivity contribution is -0.141. The number of rotatable bonds is 14. The van der Waals surface area contributed by atoms with E-state index in [4.69, 9.17) is 4.74 Å². The first-order valence-corrected chi connectivity index (χ1v) is 15.9. The minimum absolute atomic E-state index is 0.0577. The Labute approximate surface area is 280 Å². The Morgan fingerprint density at radius 2 is 1.82 bits per heavy atom. The lowest BCUT2D eigenvalue weighted by Gasteiger charge is -2.36. The van der Waals surface area contributed by atoms with Crippen molar-refractivity contribution < 1.29 is 33.7 Å². The molecule has 0 bridgehead atoms. The number of aliphatic carboxylic acids is 1. The fraction of sp³-hybridized carbons (Fsp3) is 0.353. The van der Waals surface area contributed by atoms with Crippen LogP contribution in [0.4, 0.5) is 10.1 Å². The van der Waals surface area contributed by atoms with Gasteiger partial charge >= 0.3 is 11.9 Å². The van der Waals surface area contributed by atoms with Gasteiger partial charge in [-0.1, -0.05) is 30.0 Å². The third-order valence-corrected chi connectivity index (χ3v) is 8.63. The van der Waals surface area contributed by atoms with Crippen molar-refractivity contribution in [2.24, 2.45) is 0 Å². The number of hydrogen-bond acceptors (Lipinski definition) is 9. The molecule has 2 aliphatic rings. The van der Waals surface area contributed by atoms with Crippen molar-refractivity contribution >= 4 is 34.4 Å².